The Kier molecular flexibility index (Phi) is 8.35. The number of carbonyl (C=O) groups excluding carboxylic acids is 1. The van der Waals surface area contributed by atoms with Gasteiger partial charge in [-0.3, -0.25) is 4.79 Å². The van der Waals surface area contributed by atoms with Gasteiger partial charge in [-0.2, -0.15) is 0 Å². The molecule has 2 aliphatic heterocycles. The Balaban J connectivity index is 1.33. The second-order valence-electron chi connectivity index (χ2n) is 8.23. The molecule has 29 heavy (non-hydrogen) atoms. The second-order valence-corrected chi connectivity index (χ2v) is 8.23. The van der Waals surface area contributed by atoms with Crippen molar-refractivity contribution >= 4 is 12.1 Å². The zero-order valence-electron chi connectivity index (χ0n) is 17.1. The first-order valence-electron chi connectivity index (χ1n) is 11.0. The number of fused-ring (bicyclic) bond motifs is 2. The molecule has 1 aromatic carbocycles. The Bertz CT molecular complexity index is 650. The van der Waals surface area contributed by atoms with E-state index in [1.165, 1.54) is 0 Å². The number of hydrogen-bond acceptors (Lipinski definition) is 4. The molecule has 2 aliphatic rings. The van der Waals surface area contributed by atoms with E-state index < -0.39 is 5.97 Å². The molecule has 2 saturated heterocycles. The van der Waals surface area contributed by atoms with Crippen molar-refractivity contribution in [1.82, 2.24) is 5.32 Å². The van der Waals surface area contributed by atoms with E-state index in [1.807, 2.05) is 30.3 Å². The SMILES string of the molecule is O=C(O)CCCCCCC1C2CCC(O2)C1CCOC(=O)NCc1ccccc1. The highest BCUT2D eigenvalue weighted by Crippen LogP contribution is 2.47. The van der Waals surface area contributed by atoms with Gasteiger partial charge in [0, 0.05) is 13.0 Å². The van der Waals surface area contributed by atoms with Gasteiger partial charge in [-0.05, 0) is 49.5 Å². The molecule has 2 fully saturated rings. The van der Waals surface area contributed by atoms with E-state index >= 15 is 0 Å². The molecule has 1 amide bonds. The highest BCUT2D eigenvalue weighted by atomic mass is 16.5. The van der Waals surface area contributed by atoms with Crippen LogP contribution in [0.5, 0.6) is 0 Å². The lowest BCUT2D eigenvalue weighted by Crippen LogP contribution is -2.30. The van der Waals surface area contributed by atoms with E-state index in [4.69, 9.17) is 14.6 Å². The number of carboxylic acid groups (broad SMARTS) is 1. The Labute approximate surface area is 173 Å². The number of aliphatic carboxylic acids is 1. The first-order chi connectivity index (χ1) is 14.1. The standard InChI is InChI=1S/C23H33NO5/c25-22(26)11-7-2-1-6-10-18-19(21-13-12-20(18)29-21)14-15-28-23(27)24-16-17-8-4-3-5-9-17/h3-5,8-9,18-21H,1-2,6-7,10-16H2,(H,24,27)(H,25,26). The van der Waals surface area contributed by atoms with Crippen molar-refractivity contribution in [3.8, 4) is 0 Å². The van der Waals surface area contributed by atoms with Crippen LogP contribution in [0, 0.1) is 11.8 Å². The van der Waals surface area contributed by atoms with Gasteiger partial charge < -0.3 is 19.9 Å². The molecule has 4 unspecified atom stereocenters. The van der Waals surface area contributed by atoms with E-state index in [1.54, 1.807) is 0 Å². The lowest BCUT2D eigenvalue weighted by atomic mass is 9.75. The molecule has 1 aromatic rings. The third-order valence-electron chi connectivity index (χ3n) is 6.23. The monoisotopic (exact) mass is 403 g/mol. The Morgan fingerprint density at radius 3 is 2.41 bits per heavy atom. The number of unbranched alkanes of at least 4 members (excludes halogenated alkanes) is 3. The van der Waals surface area contributed by atoms with Gasteiger partial charge in [-0.25, -0.2) is 4.79 Å². The second kappa shape index (κ2) is 11.2. The first kappa shape index (κ1) is 21.6. The lowest BCUT2D eigenvalue weighted by Gasteiger charge is -2.28. The predicted molar refractivity (Wildman–Crippen MR) is 109 cm³/mol. The average Bonchev–Trinajstić information content (AvgIpc) is 3.32. The Morgan fingerprint density at radius 2 is 1.69 bits per heavy atom. The summed E-state index contributed by atoms with van der Waals surface area (Å²) < 4.78 is 11.5. The molecule has 6 nitrogen and oxygen atoms in total. The summed E-state index contributed by atoms with van der Waals surface area (Å²) in [7, 11) is 0. The maximum absolute atomic E-state index is 11.9. The van der Waals surface area contributed by atoms with Crippen LogP contribution in [0.2, 0.25) is 0 Å². The smallest absolute Gasteiger partial charge is 0.407 e. The third kappa shape index (κ3) is 6.74. The average molecular weight is 404 g/mol. The minimum Gasteiger partial charge on any atom is -0.481 e. The summed E-state index contributed by atoms with van der Waals surface area (Å²) in [6.45, 7) is 0.897. The van der Waals surface area contributed by atoms with Gasteiger partial charge in [0.25, 0.3) is 0 Å². The fraction of sp³-hybridized carbons (Fsp3) is 0.652. The van der Waals surface area contributed by atoms with Crippen LogP contribution < -0.4 is 5.32 Å². The molecule has 0 aromatic heterocycles. The largest absolute Gasteiger partial charge is 0.481 e. The number of hydrogen-bond donors (Lipinski definition) is 2. The van der Waals surface area contributed by atoms with Gasteiger partial charge in [-0.15, -0.1) is 0 Å². The van der Waals surface area contributed by atoms with Crippen molar-refractivity contribution in [2.75, 3.05) is 6.61 Å². The molecular weight excluding hydrogens is 370 g/mol. The van der Waals surface area contributed by atoms with E-state index in [9.17, 15) is 9.59 Å². The normalized spacial score (nSPS) is 25.1. The topological polar surface area (TPSA) is 84.9 Å². The number of alkyl carbamates (subject to hydrolysis) is 1. The predicted octanol–water partition coefficient (Wildman–Crippen LogP) is 4.52. The fourth-order valence-corrected chi connectivity index (χ4v) is 4.79. The summed E-state index contributed by atoms with van der Waals surface area (Å²) >= 11 is 0. The molecule has 3 rings (SSSR count). The van der Waals surface area contributed by atoms with Gasteiger partial charge in [0.2, 0.25) is 0 Å². The fourth-order valence-electron chi connectivity index (χ4n) is 4.79. The molecule has 0 aliphatic carbocycles. The molecule has 2 heterocycles. The number of benzene rings is 1. The number of carboxylic acids is 1. The summed E-state index contributed by atoms with van der Waals surface area (Å²) in [4.78, 5) is 22.5. The van der Waals surface area contributed by atoms with Crippen molar-refractivity contribution < 1.29 is 24.2 Å². The zero-order valence-corrected chi connectivity index (χ0v) is 17.1. The number of amides is 1. The lowest BCUT2D eigenvalue weighted by molar-refractivity contribution is -0.137. The number of rotatable bonds is 12. The van der Waals surface area contributed by atoms with Gasteiger partial charge in [0.15, 0.2) is 0 Å². The van der Waals surface area contributed by atoms with Crippen LogP contribution in [0.25, 0.3) is 0 Å². The highest BCUT2D eigenvalue weighted by molar-refractivity contribution is 5.67. The molecule has 0 spiro atoms. The van der Waals surface area contributed by atoms with E-state index in [0.29, 0.717) is 37.2 Å². The minimum absolute atomic E-state index is 0.267. The van der Waals surface area contributed by atoms with Crippen molar-refractivity contribution in [3.63, 3.8) is 0 Å². The number of carbonyl (C=O) groups is 2. The highest BCUT2D eigenvalue weighted by Gasteiger charge is 2.47. The molecule has 6 heteroatoms. The molecule has 4 atom stereocenters. The van der Waals surface area contributed by atoms with Crippen molar-refractivity contribution in [1.29, 1.82) is 0 Å². The van der Waals surface area contributed by atoms with Crippen LogP contribution in [-0.2, 0) is 20.8 Å². The summed E-state index contributed by atoms with van der Waals surface area (Å²) in [5.41, 5.74) is 1.05. The quantitative estimate of drug-likeness (QED) is 0.501. The summed E-state index contributed by atoms with van der Waals surface area (Å²) in [6, 6.07) is 9.79. The summed E-state index contributed by atoms with van der Waals surface area (Å²) in [6.07, 6.45) is 8.73. The molecular formula is C23H33NO5. The van der Waals surface area contributed by atoms with Crippen LogP contribution in [0.3, 0.4) is 0 Å². The van der Waals surface area contributed by atoms with Crippen molar-refractivity contribution in [2.24, 2.45) is 11.8 Å². The Hall–Kier alpha value is -2.08. The molecule has 2 N–H and O–H groups in total. The van der Waals surface area contributed by atoms with E-state index in [0.717, 1.165) is 56.9 Å². The van der Waals surface area contributed by atoms with Crippen molar-refractivity contribution in [3.05, 3.63) is 35.9 Å². The molecule has 0 saturated carbocycles. The van der Waals surface area contributed by atoms with Crippen LogP contribution in [-0.4, -0.2) is 36.0 Å². The molecule has 0 radical (unpaired) electrons. The Morgan fingerprint density at radius 1 is 1.00 bits per heavy atom. The third-order valence-corrected chi connectivity index (χ3v) is 6.23. The summed E-state index contributed by atoms with van der Waals surface area (Å²) in [5.74, 6) is 0.304. The van der Waals surface area contributed by atoms with Crippen molar-refractivity contribution in [2.45, 2.75) is 76.5 Å². The molecule has 2 bridgehead atoms. The maximum Gasteiger partial charge on any atom is 0.407 e. The maximum atomic E-state index is 11.9. The number of ether oxygens (including phenoxy) is 2. The van der Waals surface area contributed by atoms with Crippen LogP contribution in [0.15, 0.2) is 30.3 Å². The van der Waals surface area contributed by atoms with E-state index in [2.05, 4.69) is 5.32 Å². The minimum atomic E-state index is -0.709. The van der Waals surface area contributed by atoms with Crippen LogP contribution in [0.1, 0.15) is 63.4 Å². The first-order valence-corrected chi connectivity index (χ1v) is 11.0. The number of nitrogens with one attached hydrogen (secondary N) is 1. The van der Waals surface area contributed by atoms with Gasteiger partial charge in [-0.1, -0.05) is 49.6 Å². The van der Waals surface area contributed by atoms with E-state index in [-0.39, 0.29) is 12.5 Å². The van der Waals surface area contributed by atoms with Gasteiger partial charge in [0.1, 0.15) is 0 Å². The van der Waals surface area contributed by atoms with Gasteiger partial charge in [0.05, 0.1) is 18.8 Å². The van der Waals surface area contributed by atoms with Gasteiger partial charge >= 0.3 is 12.1 Å². The molecule has 160 valence electrons. The zero-order chi connectivity index (χ0) is 20.5. The summed E-state index contributed by atoms with van der Waals surface area (Å²) in [5, 5.41) is 11.5. The van der Waals surface area contributed by atoms with Crippen LogP contribution in [0.4, 0.5) is 4.79 Å². The van der Waals surface area contributed by atoms with Crippen LogP contribution >= 0.6 is 0 Å².